The van der Waals surface area contributed by atoms with Crippen molar-refractivity contribution in [2.75, 3.05) is 6.61 Å². The van der Waals surface area contributed by atoms with Gasteiger partial charge >= 0.3 is 0 Å². The molecule has 0 aliphatic rings. The summed E-state index contributed by atoms with van der Waals surface area (Å²) >= 11 is 0. The van der Waals surface area contributed by atoms with Gasteiger partial charge in [-0.05, 0) is 12.3 Å². The van der Waals surface area contributed by atoms with Crippen molar-refractivity contribution in [3.05, 3.63) is 0 Å². The average Bonchev–Trinajstić information content (AvgIpc) is 1.89. The van der Waals surface area contributed by atoms with Gasteiger partial charge in [-0.3, -0.25) is 0 Å². The quantitative estimate of drug-likeness (QED) is 0.626. The van der Waals surface area contributed by atoms with E-state index in [1.54, 1.807) is 0 Å². The lowest BCUT2D eigenvalue weighted by Gasteiger charge is -2.00. The Labute approximate surface area is 71.8 Å². The molecule has 1 N–H and O–H groups in total. The van der Waals surface area contributed by atoms with Crippen LogP contribution in [0.25, 0.3) is 0 Å². The Morgan fingerprint density at radius 1 is 1.09 bits per heavy atom. The first kappa shape index (κ1) is 13.5. The Morgan fingerprint density at radius 2 is 1.55 bits per heavy atom. The van der Waals surface area contributed by atoms with Crippen LogP contribution in [0.3, 0.4) is 0 Å². The third kappa shape index (κ3) is 25.7. The van der Waals surface area contributed by atoms with E-state index in [4.69, 9.17) is 5.11 Å². The van der Waals surface area contributed by atoms with Crippen LogP contribution in [0.15, 0.2) is 0 Å². The van der Waals surface area contributed by atoms with Gasteiger partial charge in [0, 0.05) is 6.61 Å². The third-order valence-corrected chi connectivity index (χ3v) is 1.19. The molecule has 0 fully saturated rings. The lowest BCUT2D eigenvalue weighted by Crippen LogP contribution is -1.88. The molecule has 0 aliphatic heterocycles. The lowest BCUT2D eigenvalue weighted by atomic mass is 10.1. The molecule has 0 rings (SSSR count). The Morgan fingerprint density at radius 3 is 1.82 bits per heavy atom. The van der Waals surface area contributed by atoms with E-state index in [2.05, 4.69) is 27.7 Å². The van der Waals surface area contributed by atoms with Crippen LogP contribution in [0.5, 0.6) is 0 Å². The van der Waals surface area contributed by atoms with Gasteiger partial charge in [0.1, 0.15) is 0 Å². The summed E-state index contributed by atoms with van der Waals surface area (Å²) in [6, 6.07) is 0. The van der Waals surface area contributed by atoms with E-state index in [0.717, 1.165) is 12.3 Å². The second-order valence-corrected chi connectivity index (χ2v) is 3.32. The van der Waals surface area contributed by atoms with Crippen LogP contribution in [-0.2, 0) is 0 Å². The third-order valence-electron chi connectivity index (χ3n) is 1.19. The Balaban J connectivity index is 0. The normalized spacial score (nSPS) is 9.27. The van der Waals surface area contributed by atoms with Crippen LogP contribution in [0.1, 0.15) is 53.4 Å². The van der Waals surface area contributed by atoms with Crippen molar-refractivity contribution >= 4 is 0 Å². The molecule has 11 heavy (non-hydrogen) atoms. The van der Waals surface area contributed by atoms with Crippen molar-refractivity contribution in [1.82, 2.24) is 0 Å². The minimum Gasteiger partial charge on any atom is -0.396 e. The van der Waals surface area contributed by atoms with Crippen molar-refractivity contribution in [3.8, 4) is 0 Å². The van der Waals surface area contributed by atoms with E-state index in [0.29, 0.717) is 6.61 Å². The minimum absolute atomic E-state index is 0.354. The molecule has 0 spiro atoms. The van der Waals surface area contributed by atoms with E-state index in [9.17, 15) is 0 Å². The molecule has 0 heterocycles. The fraction of sp³-hybridized carbons (Fsp3) is 1.00. The summed E-state index contributed by atoms with van der Waals surface area (Å²) in [5.74, 6) is 0.793. The van der Waals surface area contributed by atoms with Crippen molar-refractivity contribution in [3.63, 3.8) is 0 Å². The molecule has 0 aromatic heterocycles. The van der Waals surface area contributed by atoms with Gasteiger partial charge in [-0.15, -0.1) is 0 Å². The van der Waals surface area contributed by atoms with Gasteiger partial charge < -0.3 is 5.11 Å². The van der Waals surface area contributed by atoms with Crippen LogP contribution in [-0.4, -0.2) is 11.7 Å². The highest BCUT2D eigenvalue weighted by Gasteiger charge is 1.91. The molecular formula is C10H24O. The summed E-state index contributed by atoms with van der Waals surface area (Å²) in [4.78, 5) is 0. The number of hydrogen-bond donors (Lipinski definition) is 1. The molecule has 0 radical (unpaired) electrons. The minimum atomic E-state index is 0.354. The number of rotatable bonds is 4. The second-order valence-electron chi connectivity index (χ2n) is 3.32. The van der Waals surface area contributed by atoms with E-state index in [-0.39, 0.29) is 0 Å². The van der Waals surface area contributed by atoms with Gasteiger partial charge in [0.15, 0.2) is 0 Å². The zero-order chi connectivity index (χ0) is 9.11. The zero-order valence-corrected chi connectivity index (χ0v) is 8.56. The molecule has 1 heteroatoms. The summed E-state index contributed by atoms with van der Waals surface area (Å²) in [7, 11) is 0. The Hall–Kier alpha value is -0.0400. The molecule has 0 saturated heterocycles. The van der Waals surface area contributed by atoms with Gasteiger partial charge in [-0.1, -0.05) is 47.0 Å². The fourth-order valence-corrected chi connectivity index (χ4v) is 0.664. The van der Waals surface area contributed by atoms with E-state index in [1.807, 2.05) is 0 Å². The first-order chi connectivity index (χ1) is 5.18. The maximum absolute atomic E-state index is 8.38. The molecule has 0 bridgehead atoms. The van der Waals surface area contributed by atoms with Gasteiger partial charge in [-0.2, -0.15) is 0 Å². The predicted octanol–water partition coefficient (Wildman–Crippen LogP) is 3.22. The maximum atomic E-state index is 8.38. The van der Waals surface area contributed by atoms with Crippen molar-refractivity contribution < 1.29 is 5.11 Å². The van der Waals surface area contributed by atoms with Gasteiger partial charge in [0.25, 0.3) is 0 Å². The SMILES string of the molecule is CC(C)CCCCO.CCC. The van der Waals surface area contributed by atoms with Crippen LogP contribution >= 0.6 is 0 Å². The van der Waals surface area contributed by atoms with Gasteiger partial charge in [0.2, 0.25) is 0 Å². The summed E-state index contributed by atoms with van der Waals surface area (Å²) in [6.45, 7) is 9.02. The molecule has 0 amide bonds. The molecule has 70 valence electrons. The van der Waals surface area contributed by atoms with Crippen LogP contribution < -0.4 is 0 Å². The van der Waals surface area contributed by atoms with Crippen molar-refractivity contribution in [2.24, 2.45) is 5.92 Å². The summed E-state index contributed by atoms with van der Waals surface area (Å²) < 4.78 is 0. The van der Waals surface area contributed by atoms with Crippen molar-refractivity contribution in [2.45, 2.75) is 53.4 Å². The maximum Gasteiger partial charge on any atom is 0.0431 e. The number of hydrogen-bond acceptors (Lipinski definition) is 1. The first-order valence-corrected chi connectivity index (χ1v) is 4.79. The van der Waals surface area contributed by atoms with E-state index >= 15 is 0 Å². The molecule has 0 aromatic rings. The largest absolute Gasteiger partial charge is 0.396 e. The fourth-order valence-electron chi connectivity index (χ4n) is 0.664. The van der Waals surface area contributed by atoms with Crippen LogP contribution in [0.4, 0.5) is 0 Å². The topological polar surface area (TPSA) is 20.2 Å². The summed E-state index contributed by atoms with van der Waals surface area (Å²) in [6.07, 6.45) is 4.65. The molecule has 0 aliphatic carbocycles. The molecule has 1 nitrogen and oxygen atoms in total. The number of aliphatic hydroxyl groups is 1. The second kappa shape index (κ2) is 12.6. The molecule has 0 unspecified atom stereocenters. The lowest BCUT2D eigenvalue weighted by molar-refractivity contribution is 0.280. The Kier molecular flexibility index (Phi) is 15.5. The van der Waals surface area contributed by atoms with E-state index < -0.39 is 0 Å². The molecular weight excluding hydrogens is 136 g/mol. The first-order valence-electron chi connectivity index (χ1n) is 4.79. The monoisotopic (exact) mass is 160 g/mol. The smallest absolute Gasteiger partial charge is 0.0431 e. The highest BCUT2D eigenvalue weighted by atomic mass is 16.2. The zero-order valence-electron chi connectivity index (χ0n) is 8.56. The summed E-state index contributed by atoms with van der Waals surface area (Å²) in [5.41, 5.74) is 0. The van der Waals surface area contributed by atoms with Crippen molar-refractivity contribution in [1.29, 1.82) is 0 Å². The molecule has 0 saturated carbocycles. The van der Waals surface area contributed by atoms with Crippen LogP contribution in [0.2, 0.25) is 0 Å². The number of unbranched alkanes of at least 4 members (excludes halogenated alkanes) is 1. The average molecular weight is 160 g/mol. The van der Waals surface area contributed by atoms with Gasteiger partial charge in [-0.25, -0.2) is 0 Å². The summed E-state index contributed by atoms with van der Waals surface area (Å²) in [5, 5.41) is 8.38. The Bertz CT molecular complexity index is 50.8. The highest BCUT2D eigenvalue weighted by molar-refractivity contribution is 4.44. The standard InChI is InChI=1S/C7H16O.C3H8/c1-7(2)5-3-4-6-8;1-3-2/h7-8H,3-6H2,1-2H3;3H2,1-2H3. The number of aliphatic hydroxyl groups excluding tert-OH is 1. The van der Waals surface area contributed by atoms with E-state index in [1.165, 1.54) is 19.3 Å². The molecule has 0 atom stereocenters. The van der Waals surface area contributed by atoms with Crippen LogP contribution in [0, 0.1) is 5.92 Å². The van der Waals surface area contributed by atoms with Gasteiger partial charge in [0.05, 0.1) is 0 Å². The predicted molar refractivity (Wildman–Crippen MR) is 51.7 cm³/mol. The highest BCUT2D eigenvalue weighted by Crippen LogP contribution is 2.04. The molecule has 0 aromatic carbocycles.